The average Bonchev–Trinajstić information content (AvgIpc) is 2.89. The molecular weight excluding hydrogens is 260 g/mol. The Morgan fingerprint density at radius 1 is 1.21 bits per heavy atom. The zero-order valence-corrected chi connectivity index (χ0v) is 11.3. The molecular formula is C16H13ClO2. The zero-order valence-electron chi connectivity index (χ0n) is 10.6. The van der Waals surface area contributed by atoms with Crippen LogP contribution in [0.5, 0.6) is 5.75 Å². The Morgan fingerprint density at radius 2 is 2.05 bits per heavy atom. The first-order chi connectivity index (χ1) is 9.16. The van der Waals surface area contributed by atoms with Crippen molar-refractivity contribution in [3.05, 3.63) is 63.7 Å². The molecule has 0 unspecified atom stereocenters. The molecule has 1 aliphatic heterocycles. The molecule has 0 aliphatic carbocycles. The van der Waals surface area contributed by atoms with Gasteiger partial charge in [-0.2, -0.15) is 0 Å². The Labute approximate surface area is 117 Å². The topological polar surface area (TPSA) is 26.3 Å². The number of halogens is 1. The van der Waals surface area contributed by atoms with Crippen molar-refractivity contribution < 1.29 is 9.53 Å². The smallest absolute Gasteiger partial charge is 0.197 e. The molecule has 0 aromatic heterocycles. The third-order valence-electron chi connectivity index (χ3n) is 3.40. The molecule has 96 valence electrons. The van der Waals surface area contributed by atoms with Gasteiger partial charge >= 0.3 is 0 Å². The van der Waals surface area contributed by atoms with Crippen LogP contribution in [0.25, 0.3) is 0 Å². The predicted molar refractivity (Wildman–Crippen MR) is 75.3 cm³/mol. The van der Waals surface area contributed by atoms with E-state index in [4.69, 9.17) is 16.3 Å². The molecule has 1 aliphatic rings. The lowest BCUT2D eigenvalue weighted by Crippen LogP contribution is -2.05. The molecule has 0 N–H and O–H groups in total. The van der Waals surface area contributed by atoms with E-state index in [0.29, 0.717) is 22.8 Å². The van der Waals surface area contributed by atoms with Crippen molar-refractivity contribution in [1.29, 1.82) is 0 Å². The molecule has 0 saturated carbocycles. The van der Waals surface area contributed by atoms with E-state index in [1.165, 1.54) is 0 Å². The second-order valence-corrected chi connectivity index (χ2v) is 5.12. The second kappa shape index (κ2) is 4.71. The van der Waals surface area contributed by atoms with E-state index in [0.717, 1.165) is 23.3 Å². The number of ether oxygens (including phenoxy) is 1. The van der Waals surface area contributed by atoms with Gasteiger partial charge in [-0.05, 0) is 36.2 Å². The van der Waals surface area contributed by atoms with E-state index in [1.54, 1.807) is 12.1 Å². The van der Waals surface area contributed by atoms with E-state index in [-0.39, 0.29) is 5.78 Å². The molecule has 0 amide bonds. The highest BCUT2D eigenvalue weighted by Crippen LogP contribution is 2.31. The van der Waals surface area contributed by atoms with Gasteiger partial charge in [-0.25, -0.2) is 0 Å². The van der Waals surface area contributed by atoms with Crippen LogP contribution in [0.15, 0.2) is 36.4 Å². The average molecular weight is 273 g/mol. The lowest BCUT2D eigenvalue weighted by Gasteiger charge is -2.09. The lowest BCUT2D eigenvalue weighted by atomic mass is 9.97. The van der Waals surface area contributed by atoms with Crippen molar-refractivity contribution >= 4 is 17.4 Å². The third kappa shape index (κ3) is 2.13. The molecule has 0 spiro atoms. The molecule has 0 radical (unpaired) electrons. The first-order valence-corrected chi connectivity index (χ1v) is 6.60. The summed E-state index contributed by atoms with van der Waals surface area (Å²) in [7, 11) is 0. The summed E-state index contributed by atoms with van der Waals surface area (Å²) in [4.78, 5) is 12.6. The van der Waals surface area contributed by atoms with Crippen LogP contribution in [-0.4, -0.2) is 12.4 Å². The Hall–Kier alpha value is -1.80. The van der Waals surface area contributed by atoms with Gasteiger partial charge in [0, 0.05) is 17.0 Å². The van der Waals surface area contributed by atoms with E-state index in [1.807, 2.05) is 31.2 Å². The number of fused-ring (bicyclic) bond motifs is 1. The summed E-state index contributed by atoms with van der Waals surface area (Å²) in [6, 6.07) is 11.1. The van der Waals surface area contributed by atoms with Crippen molar-refractivity contribution in [1.82, 2.24) is 0 Å². The molecule has 1 heterocycles. The fourth-order valence-corrected chi connectivity index (χ4v) is 2.55. The van der Waals surface area contributed by atoms with Crippen LogP contribution < -0.4 is 4.74 Å². The van der Waals surface area contributed by atoms with Gasteiger partial charge in [-0.3, -0.25) is 4.79 Å². The normalized spacial score (nSPS) is 12.9. The van der Waals surface area contributed by atoms with Crippen LogP contribution in [0.4, 0.5) is 0 Å². The molecule has 3 rings (SSSR count). The van der Waals surface area contributed by atoms with E-state index >= 15 is 0 Å². The van der Waals surface area contributed by atoms with Crippen LogP contribution in [0, 0.1) is 6.92 Å². The minimum Gasteiger partial charge on any atom is -0.492 e. The number of benzene rings is 2. The number of para-hydroxylation sites is 1. The number of rotatable bonds is 2. The maximum absolute atomic E-state index is 12.6. The summed E-state index contributed by atoms with van der Waals surface area (Å²) >= 11 is 5.98. The van der Waals surface area contributed by atoms with Gasteiger partial charge in [0.25, 0.3) is 0 Å². The van der Waals surface area contributed by atoms with Crippen molar-refractivity contribution in [3.8, 4) is 5.75 Å². The molecule has 19 heavy (non-hydrogen) atoms. The van der Waals surface area contributed by atoms with Crippen molar-refractivity contribution in [2.45, 2.75) is 13.3 Å². The minimum absolute atomic E-state index is 0.0289. The lowest BCUT2D eigenvalue weighted by molar-refractivity contribution is 0.103. The maximum Gasteiger partial charge on any atom is 0.197 e. The van der Waals surface area contributed by atoms with E-state index in [9.17, 15) is 4.79 Å². The van der Waals surface area contributed by atoms with Crippen LogP contribution >= 0.6 is 11.6 Å². The summed E-state index contributed by atoms with van der Waals surface area (Å²) in [6.45, 7) is 2.56. The molecule has 0 saturated heterocycles. The molecule has 0 atom stereocenters. The molecule has 0 fully saturated rings. The summed E-state index contributed by atoms with van der Waals surface area (Å²) in [5.41, 5.74) is 3.28. The highest BCUT2D eigenvalue weighted by atomic mass is 35.5. The quantitative estimate of drug-likeness (QED) is 0.777. The fraction of sp³-hybridized carbons (Fsp3) is 0.188. The van der Waals surface area contributed by atoms with E-state index in [2.05, 4.69) is 0 Å². The highest BCUT2D eigenvalue weighted by Gasteiger charge is 2.22. The first kappa shape index (κ1) is 12.2. The van der Waals surface area contributed by atoms with Gasteiger partial charge in [0.05, 0.1) is 12.2 Å². The second-order valence-electron chi connectivity index (χ2n) is 4.68. The van der Waals surface area contributed by atoms with E-state index < -0.39 is 0 Å². The standard InChI is InChI=1S/C16H13ClO2/c1-10-5-6-12(17)9-14(10)15(18)13-4-2-3-11-7-8-19-16(11)13/h2-6,9H,7-8H2,1H3. The number of aryl methyl sites for hydroxylation is 1. The highest BCUT2D eigenvalue weighted by molar-refractivity contribution is 6.31. The number of hydrogen-bond donors (Lipinski definition) is 0. The van der Waals surface area contributed by atoms with Gasteiger partial charge in [0.1, 0.15) is 5.75 Å². The summed E-state index contributed by atoms with van der Waals surface area (Å²) < 4.78 is 5.59. The Bertz CT molecular complexity index is 662. The van der Waals surface area contributed by atoms with Crippen LogP contribution in [0.2, 0.25) is 5.02 Å². The van der Waals surface area contributed by atoms with Crippen molar-refractivity contribution in [3.63, 3.8) is 0 Å². The summed E-state index contributed by atoms with van der Waals surface area (Å²) in [5.74, 6) is 0.700. The monoisotopic (exact) mass is 272 g/mol. The van der Waals surface area contributed by atoms with Crippen molar-refractivity contribution in [2.24, 2.45) is 0 Å². The number of ketones is 1. The predicted octanol–water partition coefficient (Wildman–Crippen LogP) is 3.81. The molecule has 2 aromatic rings. The van der Waals surface area contributed by atoms with Gasteiger partial charge in [-0.15, -0.1) is 0 Å². The minimum atomic E-state index is -0.0289. The number of carbonyl (C=O) groups excluding carboxylic acids is 1. The SMILES string of the molecule is Cc1ccc(Cl)cc1C(=O)c1cccc2c1OCC2. The molecule has 3 heteroatoms. The number of carbonyl (C=O) groups is 1. The van der Waals surface area contributed by atoms with Gasteiger partial charge < -0.3 is 4.74 Å². The summed E-state index contributed by atoms with van der Waals surface area (Å²) in [6.07, 6.45) is 0.866. The fourth-order valence-electron chi connectivity index (χ4n) is 2.38. The van der Waals surface area contributed by atoms with Crippen LogP contribution in [0.1, 0.15) is 27.0 Å². The van der Waals surface area contributed by atoms with Gasteiger partial charge in [0.15, 0.2) is 5.78 Å². The Balaban J connectivity index is 2.10. The number of hydrogen-bond acceptors (Lipinski definition) is 2. The van der Waals surface area contributed by atoms with Gasteiger partial charge in [-0.1, -0.05) is 29.8 Å². The Morgan fingerprint density at radius 3 is 2.89 bits per heavy atom. The Kier molecular flexibility index (Phi) is 3.03. The van der Waals surface area contributed by atoms with Crippen molar-refractivity contribution in [2.75, 3.05) is 6.61 Å². The summed E-state index contributed by atoms with van der Waals surface area (Å²) in [5, 5.41) is 0.572. The van der Waals surface area contributed by atoms with Crippen LogP contribution in [-0.2, 0) is 6.42 Å². The first-order valence-electron chi connectivity index (χ1n) is 6.22. The van der Waals surface area contributed by atoms with Gasteiger partial charge in [0.2, 0.25) is 0 Å². The third-order valence-corrected chi connectivity index (χ3v) is 3.64. The zero-order chi connectivity index (χ0) is 13.4. The van der Waals surface area contributed by atoms with Crippen LogP contribution in [0.3, 0.4) is 0 Å². The molecule has 2 nitrogen and oxygen atoms in total. The molecule has 2 aromatic carbocycles. The molecule has 0 bridgehead atoms. The maximum atomic E-state index is 12.6. The largest absolute Gasteiger partial charge is 0.492 e.